The molecule has 11 heavy (non-hydrogen) atoms. The highest BCUT2D eigenvalue weighted by Gasteiger charge is 2.02. The summed E-state index contributed by atoms with van der Waals surface area (Å²) in [6.45, 7) is 4.12. The summed E-state index contributed by atoms with van der Waals surface area (Å²) in [5.41, 5.74) is 5.58. The molecule has 0 unspecified atom stereocenters. The fourth-order valence-electron chi connectivity index (χ4n) is 0.815. The Balaban J connectivity index is 2.79. The zero-order chi connectivity index (χ0) is 8.43. The first-order valence-corrected chi connectivity index (χ1v) is 3.65. The van der Waals surface area contributed by atoms with Crippen LogP contribution in [-0.4, -0.2) is 15.6 Å². The first-order chi connectivity index (χ1) is 5.11. The Labute approximate surface area is 66.4 Å². The van der Waals surface area contributed by atoms with E-state index in [0.29, 0.717) is 11.9 Å². The van der Waals surface area contributed by atoms with Gasteiger partial charge in [0, 0.05) is 13.1 Å². The van der Waals surface area contributed by atoms with Gasteiger partial charge in [0.1, 0.15) is 5.82 Å². The molecule has 1 heterocycles. The van der Waals surface area contributed by atoms with Crippen molar-refractivity contribution >= 4 is 11.8 Å². The Morgan fingerprint density at radius 1 is 1.64 bits per heavy atom. The Bertz CT molecular complexity index is 239. The second kappa shape index (κ2) is 2.82. The van der Waals surface area contributed by atoms with E-state index in [1.807, 2.05) is 11.6 Å². The highest BCUT2D eigenvalue weighted by Crippen LogP contribution is 2.09. The molecule has 1 aromatic heterocycles. The fourth-order valence-corrected chi connectivity index (χ4v) is 0.815. The molecule has 0 atom stereocenters. The van der Waals surface area contributed by atoms with Crippen molar-refractivity contribution in [1.82, 2.24) is 9.55 Å². The van der Waals surface area contributed by atoms with Crippen LogP contribution in [0, 0.1) is 0 Å². The van der Waals surface area contributed by atoms with Crippen molar-refractivity contribution in [1.29, 1.82) is 0 Å². The van der Waals surface area contributed by atoms with Crippen LogP contribution in [0.4, 0.5) is 11.8 Å². The molecule has 0 fully saturated rings. The van der Waals surface area contributed by atoms with Crippen molar-refractivity contribution < 1.29 is 0 Å². The van der Waals surface area contributed by atoms with Crippen LogP contribution in [0.2, 0.25) is 0 Å². The van der Waals surface area contributed by atoms with Crippen molar-refractivity contribution in [2.24, 2.45) is 7.05 Å². The van der Waals surface area contributed by atoms with Crippen molar-refractivity contribution in [2.75, 3.05) is 11.1 Å². The molecule has 0 aromatic carbocycles. The summed E-state index contributed by atoms with van der Waals surface area (Å²) in [6, 6.07) is 0.385. The number of nitrogens with zero attached hydrogens (tertiary/aromatic N) is 2. The summed E-state index contributed by atoms with van der Waals surface area (Å²) in [6.07, 6.45) is 1.64. The van der Waals surface area contributed by atoms with E-state index in [2.05, 4.69) is 24.1 Å². The quantitative estimate of drug-likeness (QED) is 0.663. The van der Waals surface area contributed by atoms with Crippen molar-refractivity contribution in [3.8, 4) is 0 Å². The summed E-state index contributed by atoms with van der Waals surface area (Å²) in [5, 5.41) is 3.17. The lowest BCUT2D eigenvalue weighted by molar-refractivity contribution is 0.837. The molecule has 0 saturated heterocycles. The molecule has 4 nitrogen and oxygen atoms in total. The van der Waals surface area contributed by atoms with Gasteiger partial charge >= 0.3 is 0 Å². The van der Waals surface area contributed by atoms with Gasteiger partial charge in [0.05, 0.1) is 6.20 Å². The van der Waals surface area contributed by atoms with Gasteiger partial charge < -0.3 is 15.6 Å². The summed E-state index contributed by atoms with van der Waals surface area (Å²) in [5.74, 6) is 1.49. The number of anilines is 2. The normalized spacial score (nSPS) is 10.5. The van der Waals surface area contributed by atoms with Crippen LogP contribution in [0.3, 0.4) is 0 Å². The topological polar surface area (TPSA) is 55.9 Å². The number of imidazole rings is 1. The number of aromatic nitrogens is 2. The molecular formula is C7H14N4. The van der Waals surface area contributed by atoms with Gasteiger partial charge in [-0.1, -0.05) is 0 Å². The molecule has 0 aliphatic rings. The number of nitrogens with one attached hydrogen (secondary N) is 1. The number of nitrogen functional groups attached to an aromatic ring is 1. The standard InChI is InChI=1S/C7H14N4/c1-5(2)10-7-9-4-6(8)11(7)3/h4-5H,8H2,1-3H3,(H,9,10). The molecule has 0 bridgehead atoms. The van der Waals surface area contributed by atoms with Crippen LogP contribution in [-0.2, 0) is 7.05 Å². The molecule has 4 heteroatoms. The van der Waals surface area contributed by atoms with E-state index in [1.54, 1.807) is 6.20 Å². The van der Waals surface area contributed by atoms with E-state index in [4.69, 9.17) is 5.73 Å². The average Bonchev–Trinajstić information content (AvgIpc) is 2.18. The van der Waals surface area contributed by atoms with Gasteiger partial charge in [0.25, 0.3) is 0 Å². The Hall–Kier alpha value is -1.19. The predicted molar refractivity (Wildman–Crippen MR) is 46.4 cm³/mol. The molecule has 0 aliphatic heterocycles. The third kappa shape index (κ3) is 1.63. The first kappa shape index (κ1) is 7.91. The number of hydrogen-bond acceptors (Lipinski definition) is 3. The highest BCUT2D eigenvalue weighted by atomic mass is 15.2. The lowest BCUT2D eigenvalue weighted by Gasteiger charge is -2.08. The van der Waals surface area contributed by atoms with Crippen LogP contribution in [0.15, 0.2) is 6.20 Å². The number of nitrogens with two attached hydrogens (primary N) is 1. The van der Waals surface area contributed by atoms with Gasteiger partial charge in [-0.05, 0) is 13.8 Å². The van der Waals surface area contributed by atoms with Crippen molar-refractivity contribution in [3.63, 3.8) is 0 Å². The Morgan fingerprint density at radius 3 is 2.64 bits per heavy atom. The van der Waals surface area contributed by atoms with Gasteiger partial charge in [0.15, 0.2) is 0 Å². The van der Waals surface area contributed by atoms with Gasteiger partial charge in [-0.15, -0.1) is 0 Å². The molecule has 62 valence electrons. The predicted octanol–water partition coefficient (Wildman–Crippen LogP) is 0.823. The molecule has 3 N–H and O–H groups in total. The smallest absolute Gasteiger partial charge is 0.204 e. The minimum Gasteiger partial charge on any atom is -0.384 e. The van der Waals surface area contributed by atoms with Crippen molar-refractivity contribution in [2.45, 2.75) is 19.9 Å². The number of hydrogen-bond donors (Lipinski definition) is 2. The van der Waals surface area contributed by atoms with E-state index in [9.17, 15) is 0 Å². The van der Waals surface area contributed by atoms with E-state index in [0.717, 1.165) is 5.95 Å². The van der Waals surface area contributed by atoms with Gasteiger partial charge in [0.2, 0.25) is 5.95 Å². The Kier molecular flexibility index (Phi) is 2.03. The van der Waals surface area contributed by atoms with E-state index in [-0.39, 0.29) is 0 Å². The first-order valence-electron chi connectivity index (χ1n) is 3.65. The monoisotopic (exact) mass is 154 g/mol. The molecule has 0 saturated carbocycles. The Morgan fingerprint density at radius 2 is 2.27 bits per heavy atom. The minimum atomic E-state index is 0.385. The SMILES string of the molecule is CC(C)Nc1ncc(N)n1C. The zero-order valence-corrected chi connectivity index (χ0v) is 7.13. The maximum atomic E-state index is 5.58. The largest absolute Gasteiger partial charge is 0.384 e. The third-order valence-corrected chi connectivity index (χ3v) is 1.44. The minimum absolute atomic E-state index is 0.385. The lowest BCUT2D eigenvalue weighted by atomic mass is 10.4. The molecule has 0 radical (unpaired) electrons. The number of rotatable bonds is 2. The van der Waals surface area contributed by atoms with Gasteiger partial charge in [-0.3, -0.25) is 0 Å². The fraction of sp³-hybridized carbons (Fsp3) is 0.571. The molecular weight excluding hydrogens is 140 g/mol. The third-order valence-electron chi connectivity index (χ3n) is 1.44. The molecule has 1 aromatic rings. The van der Waals surface area contributed by atoms with E-state index >= 15 is 0 Å². The second-order valence-electron chi connectivity index (χ2n) is 2.86. The summed E-state index contributed by atoms with van der Waals surface area (Å²) in [7, 11) is 1.88. The van der Waals surface area contributed by atoms with Crippen LogP contribution in [0.25, 0.3) is 0 Å². The van der Waals surface area contributed by atoms with Crippen LogP contribution in [0.5, 0.6) is 0 Å². The molecule has 0 spiro atoms. The zero-order valence-electron chi connectivity index (χ0n) is 7.13. The van der Waals surface area contributed by atoms with Gasteiger partial charge in [-0.2, -0.15) is 0 Å². The van der Waals surface area contributed by atoms with Crippen LogP contribution in [0.1, 0.15) is 13.8 Å². The van der Waals surface area contributed by atoms with E-state index < -0.39 is 0 Å². The molecule has 1 rings (SSSR count). The van der Waals surface area contributed by atoms with Crippen LogP contribution < -0.4 is 11.1 Å². The summed E-state index contributed by atoms with van der Waals surface area (Å²) < 4.78 is 1.82. The summed E-state index contributed by atoms with van der Waals surface area (Å²) in [4.78, 5) is 4.08. The average molecular weight is 154 g/mol. The molecule has 0 aliphatic carbocycles. The van der Waals surface area contributed by atoms with E-state index in [1.165, 1.54) is 0 Å². The lowest BCUT2D eigenvalue weighted by Crippen LogP contribution is -2.13. The van der Waals surface area contributed by atoms with Crippen molar-refractivity contribution in [3.05, 3.63) is 6.20 Å². The molecule has 0 amide bonds. The van der Waals surface area contributed by atoms with Gasteiger partial charge in [-0.25, -0.2) is 4.98 Å². The van der Waals surface area contributed by atoms with Crippen LogP contribution >= 0.6 is 0 Å². The maximum Gasteiger partial charge on any atom is 0.204 e. The summed E-state index contributed by atoms with van der Waals surface area (Å²) >= 11 is 0. The highest BCUT2D eigenvalue weighted by molar-refractivity contribution is 5.39. The second-order valence-corrected chi connectivity index (χ2v) is 2.86. The maximum absolute atomic E-state index is 5.58.